The van der Waals surface area contributed by atoms with Crippen molar-refractivity contribution in [1.29, 1.82) is 0 Å². The lowest BCUT2D eigenvalue weighted by Gasteiger charge is -2.31. The number of amides is 1. The van der Waals surface area contributed by atoms with E-state index < -0.39 is 0 Å². The quantitative estimate of drug-likeness (QED) is 0.747. The minimum atomic E-state index is -0.0110. The molecule has 1 amide bonds. The Labute approximate surface area is 108 Å². The molecule has 18 heavy (non-hydrogen) atoms. The highest BCUT2D eigenvalue weighted by molar-refractivity contribution is 5.79. The van der Waals surface area contributed by atoms with Crippen molar-refractivity contribution >= 4 is 5.91 Å². The molecule has 0 unspecified atom stereocenters. The van der Waals surface area contributed by atoms with E-state index in [-0.39, 0.29) is 12.5 Å². The molecule has 0 aliphatic carbocycles. The second kappa shape index (κ2) is 6.20. The van der Waals surface area contributed by atoms with Crippen LogP contribution in [0.1, 0.15) is 18.4 Å². The van der Waals surface area contributed by atoms with Crippen LogP contribution in [0.3, 0.4) is 0 Å². The Balaban J connectivity index is 1.81. The van der Waals surface area contributed by atoms with Crippen molar-refractivity contribution in [3.8, 4) is 0 Å². The standard InChI is InChI=1S/C15H18N2O/c1-16-12-15(18)17-9-7-14(8-10-17)11-13-5-3-2-4-6-13/h2-6,14H,7-12H2. The van der Waals surface area contributed by atoms with E-state index >= 15 is 0 Å². The first-order valence-electron chi connectivity index (χ1n) is 6.44. The summed E-state index contributed by atoms with van der Waals surface area (Å²) in [4.78, 5) is 16.6. The number of carbonyl (C=O) groups is 1. The largest absolute Gasteiger partial charge is 0.336 e. The molecule has 0 aromatic heterocycles. The first kappa shape index (κ1) is 12.6. The Morgan fingerprint density at radius 3 is 2.56 bits per heavy atom. The number of carbonyl (C=O) groups excluding carboxylic acids is 1. The van der Waals surface area contributed by atoms with E-state index in [1.807, 2.05) is 11.0 Å². The van der Waals surface area contributed by atoms with Gasteiger partial charge in [0, 0.05) is 13.1 Å². The number of hydrogen-bond acceptors (Lipinski definition) is 1. The van der Waals surface area contributed by atoms with Crippen LogP contribution in [-0.4, -0.2) is 30.4 Å². The molecule has 2 rings (SSSR count). The highest BCUT2D eigenvalue weighted by Gasteiger charge is 2.23. The summed E-state index contributed by atoms with van der Waals surface area (Å²) >= 11 is 0. The monoisotopic (exact) mass is 242 g/mol. The van der Waals surface area contributed by atoms with E-state index in [1.54, 1.807) is 0 Å². The van der Waals surface area contributed by atoms with Crippen molar-refractivity contribution < 1.29 is 4.79 Å². The van der Waals surface area contributed by atoms with Crippen LogP contribution in [0, 0.1) is 12.5 Å². The normalized spacial score (nSPS) is 16.3. The van der Waals surface area contributed by atoms with E-state index in [0.717, 1.165) is 32.4 Å². The Morgan fingerprint density at radius 1 is 1.28 bits per heavy atom. The van der Waals surface area contributed by atoms with Gasteiger partial charge in [0.15, 0.2) is 0 Å². The zero-order valence-corrected chi connectivity index (χ0v) is 10.5. The van der Waals surface area contributed by atoms with Crippen LogP contribution in [0.15, 0.2) is 30.3 Å². The van der Waals surface area contributed by atoms with Gasteiger partial charge in [-0.15, -0.1) is 0 Å². The predicted octanol–water partition coefficient (Wildman–Crippen LogP) is 2.39. The molecule has 94 valence electrons. The fourth-order valence-corrected chi connectivity index (χ4v) is 2.50. The van der Waals surface area contributed by atoms with Gasteiger partial charge in [-0.05, 0) is 30.7 Å². The van der Waals surface area contributed by atoms with Crippen molar-refractivity contribution in [3.63, 3.8) is 0 Å². The zero-order chi connectivity index (χ0) is 12.8. The van der Waals surface area contributed by atoms with Gasteiger partial charge in [-0.1, -0.05) is 30.3 Å². The maximum absolute atomic E-state index is 11.6. The van der Waals surface area contributed by atoms with Crippen LogP contribution in [0.4, 0.5) is 0 Å². The van der Waals surface area contributed by atoms with Gasteiger partial charge in [-0.25, -0.2) is 6.57 Å². The molecule has 1 aromatic carbocycles. The molecule has 1 heterocycles. The van der Waals surface area contributed by atoms with Crippen LogP contribution in [0.2, 0.25) is 0 Å². The molecule has 3 nitrogen and oxygen atoms in total. The van der Waals surface area contributed by atoms with Gasteiger partial charge < -0.3 is 9.74 Å². The number of hydrogen-bond donors (Lipinski definition) is 0. The summed E-state index contributed by atoms with van der Waals surface area (Å²) in [6.45, 7) is 8.34. The van der Waals surface area contributed by atoms with Crippen LogP contribution >= 0.6 is 0 Å². The van der Waals surface area contributed by atoms with E-state index in [9.17, 15) is 4.79 Å². The minimum Gasteiger partial charge on any atom is -0.336 e. The minimum absolute atomic E-state index is 0.00333. The van der Waals surface area contributed by atoms with Crippen molar-refractivity contribution in [2.75, 3.05) is 19.6 Å². The molecule has 1 saturated heterocycles. The van der Waals surface area contributed by atoms with Crippen molar-refractivity contribution in [1.82, 2.24) is 4.90 Å². The van der Waals surface area contributed by atoms with Gasteiger partial charge in [-0.2, -0.15) is 0 Å². The fraction of sp³-hybridized carbons (Fsp3) is 0.467. The number of benzene rings is 1. The van der Waals surface area contributed by atoms with E-state index in [1.165, 1.54) is 5.56 Å². The molecule has 0 spiro atoms. The van der Waals surface area contributed by atoms with Gasteiger partial charge in [0.05, 0.1) is 0 Å². The molecule has 1 fully saturated rings. The highest BCUT2D eigenvalue weighted by Crippen LogP contribution is 2.21. The second-order valence-corrected chi connectivity index (χ2v) is 4.83. The summed E-state index contributed by atoms with van der Waals surface area (Å²) in [6, 6.07) is 10.5. The molecule has 1 aromatic rings. The SMILES string of the molecule is [C-]#[N+]CC(=O)N1CCC(Cc2ccccc2)CC1. The summed E-state index contributed by atoms with van der Waals surface area (Å²) in [5, 5.41) is 0. The van der Waals surface area contributed by atoms with Gasteiger partial charge in [0.2, 0.25) is 0 Å². The third-order valence-electron chi connectivity index (χ3n) is 3.55. The third kappa shape index (κ3) is 3.33. The molecule has 3 heteroatoms. The Bertz CT molecular complexity index is 428. The topological polar surface area (TPSA) is 24.7 Å². The molecular formula is C15H18N2O. The Kier molecular flexibility index (Phi) is 4.35. The van der Waals surface area contributed by atoms with Gasteiger partial charge in [0.1, 0.15) is 0 Å². The molecule has 0 radical (unpaired) electrons. The molecule has 0 N–H and O–H groups in total. The summed E-state index contributed by atoms with van der Waals surface area (Å²) in [7, 11) is 0. The van der Waals surface area contributed by atoms with Gasteiger partial charge in [0.25, 0.3) is 6.54 Å². The lowest BCUT2D eigenvalue weighted by atomic mass is 9.90. The number of piperidine rings is 1. The molecule has 1 aliphatic rings. The molecule has 0 bridgehead atoms. The maximum atomic E-state index is 11.6. The smallest absolute Gasteiger partial charge is 0.302 e. The lowest BCUT2D eigenvalue weighted by Crippen LogP contribution is -2.39. The molecule has 0 atom stereocenters. The number of likely N-dealkylation sites (tertiary alicyclic amines) is 1. The van der Waals surface area contributed by atoms with Crippen molar-refractivity contribution in [2.45, 2.75) is 19.3 Å². The fourth-order valence-electron chi connectivity index (χ4n) is 2.50. The first-order valence-corrected chi connectivity index (χ1v) is 6.44. The van der Waals surface area contributed by atoms with Gasteiger partial charge >= 0.3 is 5.91 Å². The van der Waals surface area contributed by atoms with E-state index in [0.29, 0.717) is 5.92 Å². The van der Waals surface area contributed by atoms with E-state index in [2.05, 4.69) is 29.1 Å². The lowest BCUT2D eigenvalue weighted by molar-refractivity contribution is -0.130. The maximum Gasteiger partial charge on any atom is 0.302 e. The third-order valence-corrected chi connectivity index (χ3v) is 3.55. The molecule has 1 aliphatic heterocycles. The number of nitrogens with zero attached hydrogens (tertiary/aromatic N) is 2. The summed E-state index contributed by atoms with van der Waals surface area (Å²) in [6.07, 6.45) is 3.21. The Morgan fingerprint density at radius 2 is 1.94 bits per heavy atom. The first-order chi connectivity index (χ1) is 8.79. The van der Waals surface area contributed by atoms with Gasteiger partial charge in [-0.3, -0.25) is 4.79 Å². The van der Waals surface area contributed by atoms with Crippen molar-refractivity contribution in [2.24, 2.45) is 5.92 Å². The number of rotatable bonds is 3. The average molecular weight is 242 g/mol. The van der Waals surface area contributed by atoms with E-state index in [4.69, 9.17) is 6.57 Å². The van der Waals surface area contributed by atoms with Crippen LogP contribution < -0.4 is 0 Å². The molecular weight excluding hydrogens is 224 g/mol. The summed E-state index contributed by atoms with van der Waals surface area (Å²) in [5.41, 5.74) is 1.38. The predicted molar refractivity (Wildman–Crippen MR) is 70.9 cm³/mol. The van der Waals surface area contributed by atoms with Crippen molar-refractivity contribution in [3.05, 3.63) is 47.3 Å². The highest BCUT2D eigenvalue weighted by atomic mass is 16.2. The summed E-state index contributed by atoms with van der Waals surface area (Å²) < 4.78 is 0. The van der Waals surface area contributed by atoms with Crippen LogP contribution in [0.25, 0.3) is 4.85 Å². The van der Waals surface area contributed by atoms with Crippen LogP contribution in [0.5, 0.6) is 0 Å². The second-order valence-electron chi connectivity index (χ2n) is 4.83. The average Bonchev–Trinajstić information content (AvgIpc) is 2.41. The molecule has 0 saturated carbocycles. The zero-order valence-electron chi connectivity index (χ0n) is 10.5. The Hall–Kier alpha value is -1.82. The van der Waals surface area contributed by atoms with Crippen LogP contribution in [-0.2, 0) is 11.2 Å². The summed E-state index contributed by atoms with van der Waals surface area (Å²) in [5.74, 6) is 0.660.